The van der Waals surface area contributed by atoms with Crippen molar-refractivity contribution in [3.63, 3.8) is 0 Å². The van der Waals surface area contributed by atoms with Crippen LogP contribution in [0.3, 0.4) is 0 Å². The molecule has 1 saturated heterocycles. The van der Waals surface area contributed by atoms with Crippen molar-refractivity contribution in [3.05, 3.63) is 48.1 Å². The Balaban J connectivity index is 1.69. The van der Waals surface area contributed by atoms with Crippen molar-refractivity contribution < 1.29 is 9.53 Å². The molecule has 4 heterocycles. The second-order valence-electron chi connectivity index (χ2n) is 8.81. The van der Waals surface area contributed by atoms with Gasteiger partial charge in [0, 0.05) is 50.8 Å². The normalized spacial score (nSPS) is 19.1. The zero-order chi connectivity index (χ0) is 24.1. The Labute approximate surface area is 200 Å². The van der Waals surface area contributed by atoms with E-state index in [0.717, 1.165) is 49.3 Å². The van der Waals surface area contributed by atoms with Gasteiger partial charge in [-0.3, -0.25) is 14.5 Å². The van der Waals surface area contributed by atoms with Gasteiger partial charge in [-0.2, -0.15) is 5.10 Å². The van der Waals surface area contributed by atoms with Gasteiger partial charge in [0.15, 0.2) is 5.69 Å². The minimum Gasteiger partial charge on any atom is -0.381 e. The van der Waals surface area contributed by atoms with Crippen LogP contribution in [0, 0.1) is 0 Å². The van der Waals surface area contributed by atoms with Gasteiger partial charge in [-0.25, -0.2) is 9.98 Å². The predicted molar refractivity (Wildman–Crippen MR) is 135 cm³/mol. The zero-order valence-corrected chi connectivity index (χ0v) is 20.3. The molecule has 2 aliphatic heterocycles. The maximum atomic E-state index is 13.0. The molecule has 0 saturated carbocycles. The van der Waals surface area contributed by atoms with E-state index in [1.807, 2.05) is 43.9 Å². The Morgan fingerprint density at radius 1 is 1.15 bits per heavy atom. The van der Waals surface area contributed by atoms with Gasteiger partial charge >= 0.3 is 0 Å². The SMILES string of the molecule is C=C1N=C(C)c2ccnc(c2)N(C)CCCCNC(=O)c2nn(C3CCOCC3)cc2N=C1C. The van der Waals surface area contributed by atoms with E-state index < -0.39 is 0 Å². The number of allylic oxidation sites excluding steroid dienone is 1. The highest BCUT2D eigenvalue weighted by molar-refractivity contribution is 6.06. The summed E-state index contributed by atoms with van der Waals surface area (Å²) in [7, 11) is 2.02. The van der Waals surface area contributed by atoms with Gasteiger partial charge < -0.3 is 15.0 Å². The van der Waals surface area contributed by atoms with E-state index in [-0.39, 0.29) is 11.9 Å². The lowest BCUT2D eigenvalue weighted by molar-refractivity contribution is 0.0660. The molecule has 2 bridgehead atoms. The quantitative estimate of drug-likeness (QED) is 0.695. The Morgan fingerprint density at radius 3 is 2.74 bits per heavy atom. The highest BCUT2D eigenvalue weighted by Gasteiger charge is 2.22. The topological polar surface area (TPSA) is 97.0 Å². The van der Waals surface area contributed by atoms with Crippen molar-refractivity contribution in [3.8, 4) is 0 Å². The summed E-state index contributed by atoms with van der Waals surface area (Å²) < 4.78 is 7.35. The van der Waals surface area contributed by atoms with Crippen LogP contribution in [0.15, 0.2) is 46.8 Å². The number of rotatable bonds is 1. The summed E-state index contributed by atoms with van der Waals surface area (Å²) in [5.41, 5.74) is 3.86. The number of aliphatic imine (C=N–C) groups is 2. The minimum absolute atomic E-state index is 0.197. The standard InChI is InChI=1S/C25H33N7O2/c1-17-18(2)29-22-16-32(21-8-13-34-14-9-21)30-24(22)25(33)27-10-5-6-12-31(4)23-15-20(7-11-26-23)19(3)28-17/h7,11,15-16,21H,1,5-6,8-10,12-14H2,2-4H3,(H,27,33). The average Bonchev–Trinajstić information content (AvgIpc) is 3.27. The van der Waals surface area contributed by atoms with Gasteiger partial charge in [-0.05, 0) is 51.7 Å². The van der Waals surface area contributed by atoms with E-state index in [4.69, 9.17) is 14.7 Å². The summed E-state index contributed by atoms with van der Waals surface area (Å²) in [4.78, 5) is 29.1. The van der Waals surface area contributed by atoms with E-state index in [9.17, 15) is 4.79 Å². The van der Waals surface area contributed by atoms with Crippen LogP contribution < -0.4 is 10.2 Å². The van der Waals surface area contributed by atoms with Gasteiger partial charge in [0.05, 0.1) is 23.6 Å². The predicted octanol–water partition coefficient (Wildman–Crippen LogP) is 3.70. The van der Waals surface area contributed by atoms with Crippen molar-refractivity contribution in [2.24, 2.45) is 9.98 Å². The molecule has 0 radical (unpaired) electrons. The van der Waals surface area contributed by atoms with Crippen molar-refractivity contribution in [1.29, 1.82) is 0 Å². The van der Waals surface area contributed by atoms with Crippen LogP contribution >= 0.6 is 0 Å². The number of amides is 1. The number of hydrogen-bond acceptors (Lipinski definition) is 7. The molecule has 2 aromatic rings. The summed E-state index contributed by atoms with van der Waals surface area (Å²) in [5.74, 6) is 0.673. The Kier molecular flexibility index (Phi) is 7.52. The van der Waals surface area contributed by atoms with Crippen LogP contribution in [0.5, 0.6) is 0 Å². The number of nitrogens with one attached hydrogen (secondary N) is 1. The van der Waals surface area contributed by atoms with Gasteiger partial charge in [-0.15, -0.1) is 0 Å². The van der Waals surface area contributed by atoms with Crippen LogP contribution in [0.25, 0.3) is 0 Å². The average molecular weight is 464 g/mol. The fourth-order valence-electron chi connectivity index (χ4n) is 4.08. The monoisotopic (exact) mass is 463 g/mol. The highest BCUT2D eigenvalue weighted by atomic mass is 16.5. The van der Waals surface area contributed by atoms with Crippen LogP contribution in [0.4, 0.5) is 11.5 Å². The Hall–Kier alpha value is -3.33. The number of hydrogen-bond donors (Lipinski definition) is 1. The number of anilines is 1. The number of carbonyl (C=O) groups is 1. The third kappa shape index (κ3) is 5.59. The number of aromatic nitrogens is 3. The van der Waals surface area contributed by atoms with Gasteiger partial charge in [-0.1, -0.05) is 6.58 Å². The van der Waals surface area contributed by atoms with Crippen LogP contribution in [-0.4, -0.2) is 65.4 Å². The lowest BCUT2D eigenvalue weighted by atomic mass is 10.1. The lowest BCUT2D eigenvalue weighted by Gasteiger charge is -2.22. The fraction of sp³-hybridized carbons (Fsp3) is 0.480. The second kappa shape index (κ2) is 10.7. The van der Waals surface area contributed by atoms with Crippen molar-refractivity contribution >= 4 is 28.8 Å². The minimum atomic E-state index is -0.214. The number of nitrogens with zero attached hydrogens (tertiary/aromatic N) is 6. The molecule has 0 aliphatic carbocycles. The first-order chi connectivity index (χ1) is 16.4. The summed E-state index contributed by atoms with van der Waals surface area (Å²) >= 11 is 0. The van der Waals surface area contributed by atoms with E-state index in [1.54, 1.807) is 6.20 Å². The van der Waals surface area contributed by atoms with Crippen LogP contribution in [-0.2, 0) is 4.74 Å². The molecular weight excluding hydrogens is 430 g/mol. The molecule has 9 nitrogen and oxygen atoms in total. The number of pyridine rings is 1. The molecule has 0 spiro atoms. The van der Waals surface area contributed by atoms with Gasteiger partial charge in [0.2, 0.25) is 0 Å². The smallest absolute Gasteiger partial charge is 0.274 e. The maximum Gasteiger partial charge on any atom is 0.274 e. The summed E-state index contributed by atoms with van der Waals surface area (Å²) in [5, 5.41) is 7.65. The molecule has 0 aromatic carbocycles. The summed E-state index contributed by atoms with van der Waals surface area (Å²) in [6, 6.07) is 4.18. The second-order valence-corrected chi connectivity index (χ2v) is 8.81. The summed E-state index contributed by atoms with van der Waals surface area (Å²) in [6.45, 7) is 10.7. The van der Waals surface area contributed by atoms with Crippen molar-refractivity contribution in [1.82, 2.24) is 20.1 Å². The number of ether oxygens (including phenoxy) is 1. The van der Waals surface area contributed by atoms with E-state index in [2.05, 4.69) is 26.9 Å². The van der Waals surface area contributed by atoms with Crippen LogP contribution in [0.2, 0.25) is 0 Å². The molecule has 9 heteroatoms. The number of fused-ring (bicyclic) bond motifs is 3. The fourth-order valence-corrected chi connectivity index (χ4v) is 4.08. The van der Waals surface area contributed by atoms with E-state index in [1.165, 1.54) is 0 Å². The molecule has 0 atom stereocenters. The molecule has 4 rings (SSSR count). The largest absolute Gasteiger partial charge is 0.381 e. The molecule has 180 valence electrons. The first kappa shape index (κ1) is 23.8. The molecular formula is C25H33N7O2. The maximum absolute atomic E-state index is 13.0. The first-order valence-corrected chi connectivity index (χ1v) is 11.8. The van der Waals surface area contributed by atoms with Gasteiger partial charge in [0.1, 0.15) is 11.5 Å². The van der Waals surface area contributed by atoms with Crippen molar-refractivity contribution in [2.45, 2.75) is 45.6 Å². The molecule has 2 aromatic heterocycles. The third-order valence-corrected chi connectivity index (χ3v) is 6.26. The molecule has 2 aliphatic rings. The summed E-state index contributed by atoms with van der Waals surface area (Å²) in [6.07, 6.45) is 7.16. The first-order valence-electron chi connectivity index (χ1n) is 11.8. The van der Waals surface area contributed by atoms with E-state index >= 15 is 0 Å². The molecule has 34 heavy (non-hydrogen) atoms. The highest BCUT2D eigenvalue weighted by Crippen LogP contribution is 2.26. The van der Waals surface area contributed by atoms with Gasteiger partial charge in [0.25, 0.3) is 5.91 Å². The molecule has 1 N–H and O–H groups in total. The molecule has 1 amide bonds. The lowest BCUT2D eigenvalue weighted by Crippen LogP contribution is -2.27. The van der Waals surface area contributed by atoms with Crippen molar-refractivity contribution in [2.75, 3.05) is 38.3 Å². The number of carbonyl (C=O) groups excluding carboxylic acids is 1. The third-order valence-electron chi connectivity index (χ3n) is 6.26. The Morgan fingerprint density at radius 2 is 1.94 bits per heavy atom. The zero-order valence-electron chi connectivity index (χ0n) is 20.3. The Bertz CT molecular complexity index is 1110. The molecule has 0 unspecified atom stereocenters. The van der Waals surface area contributed by atoms with E-state index in [0.29, 0.717) is 42.5 Å². The molecule has 1 fully saturated rings. The van der Waals surface area contributed by atoms with Crippen LogP contribution in [0.1, 0.15) is 61.6 Å².